The van der Waals surface area contributed by atoms with Crippen LogP contribution in [0.5, 0.6) is 0 Å². The van der Waals surface area contributed by atoms with E-state index in [1.165, 1.54) is 31.9 Å². The predicted octanol–water partition coefficient (Wildman–Crippen LogP) is 6.16. The summed E-state index contributed by atoms with van der Waals surface area (Å²) in [5.74, 6) is 1.91. The minimum atomic E-state index is -2.82. The van der Waals surface area contributed by atoms with Crippen LogP contribution in [-0.2, 0) is 0 Å². The van der Waals surface area contributed by atoms with Gasteiger partial charge in [0, 0.05) is 37.6 Å². The van der Waals surface area contributed by atoms with E-state index in [2.05, 4.69) is 42.5 Å². The molecule has 4 heterocycles. The van der Waals surface area contributed by atoms with Gasteiger partial charge in [-0.05, 0) is 115 Å². The number of carbonyl (C=O) groups is 1. The fourth-order valence-electron chi connectivity index (χ4n) is 6.88. The molecule has 1 aliphatic heterocycles. The molecule has 1 saturated heterocycles. The number of rotatable bonds is 13. The zero-order valence-electron chi connectivity index (χ0n) is 26.4. The van der Waals surface area contributed by atoms with Gasteiger partial charge in [-0.15, -0.1) is 0 Å². The van der Waals surface area contributed by atoms with Crippen molar-refractivity contribution in [3.05, 3.63) is 42.2 Å². The van der Waals surface area contributed by atoms with Gasteiger partial charge in [-0.2, -0.15) is 5.10 Å². The minimum absolute atomic E-state index is 0.00672. The van der Waals surface area contributed by atoms with Gasteiger partial charge in [-0.3, -0.25) is 9.48 Å². The number of aromatic nitrogens is 4. The van der Waals surface area contributed by atoms with Gasteiger partial charge in [0.2, 0.25) is 5.89 Å². The molecular formula is C33H46F2N8O2. The van der Waals surface area contributed by atoms with Gasteiger partial charge in [0.15, 0.2) is 11.4 Å². The van der Waals surface area contributed by atoms with Crippen molar-refractivity contribution in [3.8, 4) is 11.5 Å². The van der Waals surface area contributed by atoms with Crippen molar-refractivity contribution < 1.29 is 18.0 Å². The van der Waals surface area contributed by atoms with E-state index in [-0.39, 0.29) is 23.3 Å². The molecule has 3 fully saturated rings. The Bertz CT molecular complexity index is 1410. The fourth-order valence-corrected chi connectivity index (χ4v) is 6.88. The summed E-state index contributed by atoms with van der Waals surface area (Å²) < 4.78 is 35.2. The summed E-state index contributed by atoms with van der Waals surface area (Å²) in [5, 5.41) is 10.3. The highest BCUT2D eigenvalue weighted by Gasteiger charge is 2.29. The zero-order chi connectivity index (χ0) is 31.3. The van der Waals surface area contributed by atoms with E-state index >= 15 is 0 Å². The van der Waals surface area contributed by atoms with Crippen LogP contribution in [0, 0.1) is 11.8 Å². The highest BCUT2D eigenvalue weighted by molar-refractivity contribution is 6.03. The quantitative estimate of drug-likeness (QED) is 0.233. The number of amides is 1. The smallest absolute Gasteiger partial charge is 0.284 e. The van der Waals surface area contributed by atoms with E-state index in [1.807, 2.05) is 13.1 Å². The van der Waals surface area contributed by atoms with Crippen molar-refractivity contribution in [1.82, 2.24) is 30.0 Å². The Labute approximate surface area is 264 Å². The standard InChI is InChI=1S/C33H46F2N8O2/c1-41(17-3-4-22-11-14-36-15-12-22)19-23-5-7-26(8-6-23)43-20-27(30(40-43)31(34)35)38-32(44)28-21-45-33(39-28)24-13-16-37-29(18-24)42(2)25-9-10-25/h13,16,18,20-23,25-26,31,36H,3-12,14-15,17,19H2,1-2H3,(H,38,44). The summed E-state index contributed by atoms with van der Waals surface area (Å²) in [6.07, 6.45) is 12.9. The Kier molecular flexibility index (Phi) is 10.1. The maximum absolute atomic E-state index is 14.0. The normalized spacial score (nSPS) is 21.0. The molecule has 3 aromatic rings. The molecule has 0 atom stereocenters. The van der Waals surface area contributed by atoms with Crippen molar-refractivity contribution in [2.45, 2.75) is 82.7 Å². The highest BCUT2D eigenvalue weighted by atomic mass is 19.3. The second-order valence-corrected chi connectivity index (χ2v) is 13.2. The average Bonchev–Trinajstić information content (AvgIpc) is 3.62. The number of anilines is 2. The molecule has 2 saturated carbocycles. The van der Waals surface area contributed by atoms with E-state index < -0.39 is 18.0 Å². The van der Waals surface area contributed by atoms with Crippen LogP contribution in [0.1, 0.15) is 92.9 Å². The molecule has 45 heavy (non-hydrogen) atoms. The molecule has 0 radical (unpaired) electrons. The number of hydrogen-bond donors (Lipinski definition) is 2. The van der Waals surface area contributed by atoms with E-state index in [9.17, 15) is 13.6 Å². The summed E-state index contributed by atoms with van der Waals surface area (Å²) >= 11 is 0. The van der Waals surface area contributed by atoms with Gasteiger partial charge in [-0.1, -0.05) is 0 Å². The van der Waals surface area contributed by atoms with Crippen molar-refractivity contribution in [1.29, 1.82) is 0 Å². The summed E-state index contributed by atoms with van der Waals surface area (Å²) in [4.78, 5) is 26.4. The molecule has 0 spiro atoms. The number of nitrogens with one attached hydrogen (secondary N) is 2. The molecular weight excluding hydrogens is 578 g/mol. The maximum atomic E-state index is 14.0. The highest BCUT2D eigenvalue weighted by Crippen LogP contribution is 2.36. The predicted molar refractivity (Wildman–Crippen MR) is 170 cm³/mol. The first-order chi connectivity index (χ1) is 21.8. The molecule has 6 rings (SSSR count). The second kappa shape index (κ2) is 14.4. The SMILES string of the molecule is CN(CCCC1CCNCC1)CC1CCC(n2cc(NC(=O)c3coc(-c4ccnc(N(C)C5CC5)c4)n3)c(C(F)F)n2)CC1. The molecule has 244 valence electrons. The topological polar surface area (TPSA) is 104 Å². The van der Waals surface area contributed by atoms with Crippen molar-refractivity contribution >= 4 is 17.4 Å². The third-order valence-corrected chi connectivity index (χ3v) is 9.77. The van der Waals surface area contributed by atoms with Crippen LogP contribution >= 0.6 is 0 Å². The number of halogens is 2. The van der Waals surface area contributed by atoms with Crippen LogP contribution < -0.4 is 15.5 Å². The second-order valence-electron chi connectivity index (χ2n) is 13.2. The lowest BCUT2D eigenvalue weighted by Crippen LogP contribution is -2.31. The van der Waals surface area contributed by atoms with E-state index in [4.69, 9.17) is 4.42 Å². The summed E-state index contributed by atoms with van der Waals surface area (Å²) in [6.45, 7) is 4.50. The number of nitrogens with zero attached hydrogens (tertiary/aromatic N) is 6. The molecule has 2 aliphatic carbocycles. The van der Waals surface area contributed by atoms with Crippen molar-refractivity contribution in [3.63, 3.8) is 0 Å². The summed E-state index contributed by atoms with van der Waals surface area (Å²) in [5.41, 5.74) is 0.274. The number of hydrogen-bond acceptors (Lipinski definition) is 8. The van der Waals surface area contributed by atoms with Gasteiger partial charge in [0.1, 0.15) is 12.1 Å². The number of alkyl halides is 2. The summed E-state index contributed by atoms with van der Waals surface area (Å²) in [6, 6.07) is 4.15. The first kappa shape index (κ1) is 31.6. The minimum Gasteiger partial charge on any atom is -0.444 e. The number of piperidine rings is 1. The van der Waals surface area contributed by atoms with E-state index in [0.717, 1.165) is 76.4 Å². The molecule has 0 aromatic carbocycles. The van der Waals surface area contributed by atoms with Crippen LogP contribution in [0.4, 0.5) is 20.3 Å². The number of carbonyl (C=O) groups excluding carboxylic acids is 1. The van der Waals surface area contributed by atoms with Gasteiger partial charge in [0.05, 0.1) is 11.7 Å². The molecule has 3 aromatic heterocycles. The number of pyridine rings is 1. The largest absolute Gasteiger partial charge is 0.444 e. The van der Waals surface area contributed by atoms with Gasteiger partial charge in [-0.25, -0.2) is 18.7 Å². The molecule has 0 unspecified atom stereocenters. The average molecular weight is 625 g/mol. The maximum Gasteiger partial charge on any atom is 0.284 e. The molecule has 0 bridgehead atoms. The first-order valence-corrected chi connectivity index (χ1v) is 16.6. The molecule has 10 nitrogen and oxygen atoms in total. The third-order valence-electron chi connectivity index (χ3n) is 9.77. The molecule has 2 N–H and O–H groups in total. The van der Waals surface area contributed by atoms with Crippen LogP contribution in [0.25, 0.3) is 11.5 Å². The van der Waals surface area contributed by atoms with Crippen LogP contribution in [-0.4, -0.2) is 76.9 Å². The number of oxazole rings is 1. The Morgan fingerprint density at radius 3 is 2.62 bits per heavy atom. The van der Waals surface area contributed by atoms with E-state index in [0.29, 0.717) is 17.5 Å². The van der Waals surface area contributed by atoms with Gasteiger partial charge < -0.3 is 24.9 Å². The van der Waals surface area contributed by atoms with Crippen LogP contribution in [0.3, 0.4) is 0 Å². The Morgan fingerprint density at radius 2 is 1.89 bits per heavy atom. The zero-order valence-corrected chi connectivity index (χ0v) is 26.4. The van der Waals surface area contributed by atoms with E-state index in [1.54, 1.807) is 23.1 Å². The lowest BCUT2D eigenvalue weighted by molar-refractivity contribution is 0.102. The molecule has 12 heteroatoms. The Balaban J connectivity index is 1.02. The fraction of sp³-hybridized carbons (Fsp3) is 0.636. The lowest BCUT2D eigenvalue weighted by Gasteiger charge is -2.31. The first-order valence-electron chi connectivity index (χ1n) is 16.6. The monoisotopic (exact) mass is 624 g/mol. The van der Waals surface area contributed by atoms with Crippen molar-refractivity contribution in [2.24, 2.45) is 11.8 Å². The Hall–Kier alpha value is -3.38. The molecule has 3 aliphatic rings. The van der Waals surface area contributed by atoms with Crippen molar-refractivity contribution in [2.75, 3.05) is 50.5 Å². The third kappa shape index (κ3) is 8.07. The Morgan fingerprint density at radius 1 is 1.11 bits per heavy atom. The molecule has 1 amide bonds. The van der Waals surface area contributed by atoms with Gasteiger partial charge in [0.25, 0.3) is 12.3 Å². The van der Waals surface area contributed by atoms with Crippen LogP contribution in [0.2, 0.25) is 0 Å². The summed E-state index contributed by atoms with van der Waals surface area (Å²) in [7, 11) is 4.22. The van der Waals surface area contributed by atoms with Gasteiger partial charge >= 0.3 is 0 Å². The lowest BCUT2D eigenvalue weighted by atomic mass is 9.85. The van der Waals surface area contributed by atoms with Crippen LogP contribution in [0.15, 0.2) is 35.2 Å².